The number of halogens is 1. The maximum atomic E-state index is 11.9. The topological polar surface area (TPSA) is 61.7 Å². The number of benzene rings is 1. The zero-order valence-corrected chi connectivity index (χ0v) is 11.2. The Kier molecular flexibility index (Phi) is 3.19. The number of carbonyl (C=O) groups excluding carboxylic acids is 1. The quantitative estimate of drug-likeness (QED) is 0.817. The Hall–Kier alpha value is -1.55. The standard InChI is InChI=1S/C14H15ClN2O2/c15-10-3-4-11(13(18)7-10)14(19)17-16-12-6-8-1-2-9(12)5-8/h3-4,7-9,18H,1-2,5-6H2,(H,17,19)/b16-12-/t8-,9+/m0/s1. The Balaban J connectivity index is 1.70. The minimum absolute atomic E-state index is 0.127. The fourth-order valence-corrected chi connectivity index (χ4v) is 3.21. The van der Waals surface area contributed by atoms with Crippen LogP contribution >= 0.6 is 11.6 Å². The molecule has 2 saturated carbocycles. The van der Waals surface area contributed by atoms with Crippen LogP contribution in [-0.4, -0.2) is 16.7 Å². The molecule has 2 aliphatic carbocycles. The van der Waals surface area contributed by atoms with Crippen molar-refractivity contribution in [2.24, 2.45) is 16.9 Å². The van der Waals surface area contributed by atoms with E-state index in [4.69, 9.17) is 11.6 Å². The van der Waals surface area contributed by atoms with Gasteiger partial charge in [-0.3, -0.25) is 4.79 Å². The molecule has 0 radical (unpaired) electrons. The number of hydrazone groups is 1. The van der Waals surface area contributed by atoms with E-state index >= 15 is 0 Å². The minimum Gasteiger partial charge on any atom is -0.507 e. The monoisotopic (exact) mass is 278 g/mol. The predicted octanol–water partition coefficient (Wildman–Crippen LogP) is 2.95. The lowest BCUT2D eigenvalue weighted by Crippen LogP contribution is -2.22. The van der Waals surface area contributed by atoms with Gasteiger partial charge in [0, 0.05) is 10.7 Å². The van der Waals surface area contributed by atoms with E-state index in [2.05, 4.69) is 10.5 Å². The molecule has 100 valence electrons. The Morgan fingerprint density at radius 1 is 1.42 bits per heavy atom. The van der Waals surface area contributed by atoms with Crippen LogP contribution in [0.4, 0.5) is 0 Å². The summed E-state index contributed by atoms with van der Waals surface area (Å²) in [5.74, 6) is 0.774. The summed E-state index contributed by atoms with van der Waals surface area (Å²) < 4.78 is 0. The van der Waals surface area contributed by atoms with Crippen molar-refractivity contribution in [1.29, 1.82) is 0 Å². The van der Waals surface area contributed by atoms with Crippen LogP contribution < -0.4 is 5.43 Å². The van der Waals surface area contributed by atoms with Gasteiger partial charge in [-0.05, 0) is 55.7 Å². The van der Waals surface area contributed by atoms with Crippen molar-refractivity contribution in [3.63, 3.8) is 0 Å². The average molecular weight is 279 g/mol. The van der Waals surface area contributed by atoms with Crippen LogP contribution in [0.25, 0.3) is 0 Å². The Labute approximate surface area is 116 Å². The Bertz CT molecular complexity index is 556. The summed E-state index contributed by atoms with van der Waals surface area (Å²) in [6.45, 7) is 0. The summed E-state index contributed by atoms with van der Waals surface area (Å²) in [7, 11) is 0. The smallest absolute Gasteiger partial charge is 0.275 e. The molecule has 1 aromatic carbocycles. The van der Waals surface area contributed by atoms with Gasteiger partial charge in [0.15, 0.2) is 0 Å². The molecule has 0 aromatic heterocycles. The van der Waals surface area contributed by atoms with Gasteiger partial charge in [0.25, 0.3) is 5.91 Å². The molecule has 1 amide bonds. The van der Waals surface area contributed by atoms with Gasteiger partial charge in [0.2, 0.25) is 0 Å². The third-order valence-electron chi connectivity index (χ3n) is 4.02. The zero-order chi connectivity index (χ0) is 13.4. The van der Waals surface area contributed by atoms with Crippen LogP contribution in [0.15, 0.2) is 23.3 Å². The number of rotatable bonds is 2. The summed E-state index contributed by atoms with van der Waals surface area (Å²) in [5.41, 5.74) is 3.82. The van der Waals surface area contributed by atoms with E-state index in [1.807, 2.05) is 0 Å². The number of nitrogens with zero attached hydrogens (tertiary/aromatic N) is 1. The Morgan fingerprint density at radius 2 is 2.26 bits per heavy atom. The van der Waals surface area contributed by atoms with Crippen LogP contribution in [0.2, 0.25) is 5.02 Å². The first-order valence-corrected chi connectivity index (χ1v) is 6.86. The van der Waals surface area contributed by atoms with E-state index in [1.54, 1.807) is 6.07 Å². The van der Waals surface area contributed by atoms with Gasteiger partial charge in [-0.15, -0.1) is 0 Å². The lowest BCUT2D eigenvalue weighted by Gasteiger charge is -2.11. The highest BCUT2D eigenvalue weighted by Gasteiger charge is 2.36. The molecule has 4 nitrogen and oxygen atoms in total. The lowest BCUT2D eigenvalue weighted by molar-refractivity contribution is 0.0952. The van der Waals surface area contributed by atoms with Gasteiger partial charge in [-0.2, -0.15) is 5.10 Å². The first kappa shape index (κ1) is 12.5. The maximum absolute atomic E-state index is 11.9. The third kappa shape index (κ3) is 2.45. The fourth-order valence-electron chi connectivity index (χ4n) is 3.04. The highest BCUT2D eigenvalue weighted by atomic mass is 35.5. The number of nitrogens with one attached hydrogen (secondary N) is 1. The van der Waals surface area contributed by atoms with Gasteiger partial charge in [0.05, 0.1) is 5.56 Å². The van der Waals surface area contributed by atoms with Gasteiger partial charge in [-0.1, -0.05) is 11.6 Å². The lowest BCUT2D eigenvalue weighted by atomic mass is 9.99. The van der Waals surface area contributed by atoms with Gasteiger partial charge in [-0.25, -0.2) is 5.43 Å². The molecule has 2 atom stereocenters. The first-order chi connectivity index (χ1) is 9.13. The third-order valence-corrected chi connectivity index (χ3v) is 4.25. The summed E-state index contributed by atoms with van der Waals surface area (Å²) in [6.07, 6.45) is 4.68. The largest absolute Gasteiger partial charge is 0.507 e. The molecule has 3 rings (SSSR count). The van der Waals surface area contributed by atoms with Crippen molar-refractivity contribution < 1.29 is 9.90 Å². The molecule has 5 heteroatoms. The van der Waals surface area contributed by atoms with Crippen molar-refractivity contribution in [3.05, 3.63) is 28.8 Å². The van der Waals surface area contributed by atoms with Crippen molar-refractivity contribution >= 4 is 23.2 Å². The SMILES string of the molecule is O=C(N/N=C1/C[C@H]2CC[C@@H]1C2)c1ccc(Cl)cc1O. The van der Waals surface area contributed by atoms with Crippen LogP contribution in [0, 0.1) is 11.8 Å². The maximum Gasteiger partial charge on any atom is 0.275 e. The van der Waals surface area contributed by atoms with Crippen LogP contribution in [-0.2, 0) is 0 Å². The summed E-state index contributed by atoms with van der Waals surface area (Å²) in [4.78, 5) is 11.9. The van der Waals surface area contributed by atoms with Gasteiger partial charge in [0.1, 0.15) is 5.75 Å². The van der Waals surface area contributed by atoms with Crippen LogP contribution in [0.5, 0.6) is 5.75 Å². The van der Waals surface area contributed by atoms with Crippen molar-refractivity contribution in [3.8, 4) is 5.75 Å². The second-order valence-electron chi connectivity index (χ2n) is 5.29. The van der Waals surface area contributed by atoms with E-state index in [9.17, 15) is 9.90 Å². The van der Waals surface area contributed by atoms with Gasteiger partial charge < -0.3 is 5.11 Å². The molecule has 0 heterocycles. The second-order valence-corrected chi connectivity index (χ2v) is 5.72. The Morgan fingerprint density at radius 3 is 2.89 bits per heavy atom. The minimum atomic E-state index is -0.399. The molecule has 0 unspecified atom stereocenters. The molecule has 1 aromatic rings. The van der Waals surface area contributed by atoms with E-state index in [0.29, 0.717) is 10.9 Å². The zero-order valence-electron chi connectivity index (χ0n) is 10.4. The summed E-state index contributed by atoms with van der Waals surface area (Å²) in [5, 5.41) is 14.3. The number of aromatic hydroxyl groups is 1. The summed E-state index contributed by atoms with van der Waals surface area (Å²) >= 11 is 5.73. The average Bonchev–Trinajstić information content (AvgIpc) is 2.98. The fraction of sp³-hybridized carbons (Fsp3) is 0.429. The van der Waals surface area contributed by atoms with Crippen molar-refractivity contribution in [2.45, 2.75) is 25.7 Å². The number of hydrogen-bond donors (Lipinski definition) is 2. The molecule has 2 N–H and O–H groups in total. The predicted molar refractivity (Wildman–Crippen MR) is 73.5 cm³/mol. The summed E-state index contributed by atoms with van der Waals surface area (Å²) in [6, 6.07) is 4.41. The normalized spacial score (nSPS) is 26.9. The van der Waals surface area contributed by atoms with E-state index in [0.717, 1.165) is 18.1 Å². The number of phenols is 1. The molecule has 2 aliphatic rings. The number of hydrogen-bond acceptors (Lipinski definition) is 3. The molecular formula is C14H15ClN2O2. The van der Waals surface area contributed by atoms with E-state index < -0.39 is 5.91 Å². The highest BCUT2D eigenvalue weighted by Crippen LogP contribution is 2.42. The first-order valence-electron chi connectivity index (χ1n) is 6.49. The molecule has 0 saturated heterocycles. The van der Waals surface area contributed by atoms with Crippen molar-refractivity contribution in [2.75, 3.05) is 0 Å². The number of phenolic OH excluding ortho intramolecular Hbond substituents is 1. The molecule has 2 fully saturated rings. The molecule has 0 spiro atoms. The van der Waals surface area contributed by atoms with Crippen LogP contribution in [0.3, 0.4) is 0 Å². The highest BCUT2D eigenvalue weighted by molar-refractivity contribution is 6.30. The van der Waals surface area contributed by atoms with Crippen LogP contribution in [0.1, 0.15) is 36.0 Å². The number of carbonyl (C=O) groups is 1. The van der Waals surface area contributed by atoms with Crippen molar-refractivity contribution in [1.82, 2.24) is 5.43 Å². The van der Waals surface area contributed by atoms with E-state index in [-0.39, 0.29) is 11.3 Å². The second kappa shape index (κ2) is 4.85. The molecular weight excluding hydrogens is 264 g/mol. The van der Waals surface area contributed by atoms with E-state index in [1.165, 1.54) is 31.4 Å². The van der Waals surface area contributed by atoms with Gasteiger partial charge >= 0.3 is 0 Å². The molecule has 19 heavy (non-hydrogen) atoms. The molecule has 0 aliphatic heterocycles. The molecule has 2 bridgehead atoms. The number of amides is 1. The number of fused-ring (bicyclic) bond motifs is 2.